The van der Waals surface area contributed by atoms with E-state index in [4.69, 9.17) is 4.55 Å². The van der Waals surface area contributed by atoms with Crippen LogP contribution in [0.3, 0.4) is 0 Å². The molecule has 0 aliphatic rings. The van der Waals surface area contributed by atoms with E-state index in [0.29, 0.717) is 25.0 Å². The van der Waals surface area contributed by atoms with Crippen molar-refractivity contribution in [1.82, 2.24) is 14.8 Å². The van der Waals surface area contributed by atoms with Gasteiger partial charge in [0.2, 0.25) is 0 Å². The average Bonchev–Trinajstić information content (AvgIpc) is 3.21. The molecule has 214 valence electrons. The highest BCUT2D eigenvalue weighted by atomic mass is 32.2. The topological polar surface area (TPSA) is 132 Å². The second kappa shape index (κ2) is 13.5. The number of aromatic hydroxyl groups is 2. The number of phenolic OH excluding ortho intramolecular Hbond substituents is 2. The van der Waals surface area contributed by atoms with E-state index < -0.39 is 10.1 Å². The highest BCUT2D eigenvalue weighted by Crippen LogP contribution is 2.41. The number of phenols is 2. The van der Waals surface area contributed by atoms with Crippen LogP contribution in [0, 0.1) is 0 Å². The normalized spacial score (nSPS) is 11.5. The van der Waals surface area contributed by atoms with Crippen molar-refractivity contribution in [1.29, 1.82) is 0 Å². The van der Waals surface area contributed by atoms with Gasteiger partial charge in [0, 0.05) is 42.0 Å². The first-order valence-corrected chi connectivity index (χ1v) is 14.8. The Hall–Kier alpha value is -3.86. The summed E-state index contributed by atoms with van der Waals surface area (Å²) in [5.74, 6) is 0.00325. The lowest BCUT2D eigenvalue weighted by molar-refractivity contribution is 0.0943. The molecule has 4 N–H and O–H groups in total. The number of amides is 1. The molecule has 40 heavy (non-hydrogen) atoms. The van der Waals surface area contributed by atoms with Crippen molar-refractivity contribution in [2.75, 3.05) is 33.4 Å². The highest BCUT2D eigenvalue weighted by molar-refractivity contribution is 7.85. The summed E-state index contributed by atoms with van der Waals surface area (Å²) < 4.78 is 28.0. The lowest BCUT2D eigenvalue weighted by Gasteiger charge is -2.21. The smallest absolute Gasteiger partial charge is 0.268 e. The molecule has 1 aromatic heterocycles. The summed E-state index contributed by atoms with van der Waals surface area (Å²) in [5.41, 5.74) is 4.48. The van der Waals surface area contributed by atoms with Gasteiger partial charge in [-0.05, 0) is 62.0 Å². The molecule has 4 rings (SSSR count). The number of para-hydroxylation sites is 1. The standard InChI is InChI=1S/C29H33N3O3.CH4O3S/c1-4-17-30-29(35)28-27(24-7-5-6-8-25(24)32(28)19-18-31(2)3)26(20-9-13-22(33)14-10-20)21-11-15-23(34)16-12-21;1-5(2,3)4/h5-16,26,33-34H,4,17-19H2,1-3H3,(H,30,35);1H3,(H,2,3,4). The molecule has 10 heteroatoms. The van der Waals surface area contributed by atoms with Gasteiger partial charge in [-0.2, -0.15) is 8.42 Å². The molecule has 0 spiro atoms. The predicted molar refractivity (Wildman–Crippen MR) is 158 cm³/mol. The fourth-order valence-electron chi connectivity index (χ4n) is 4.58. The maximum absolute atomic E-state index is 13.7. The molecule has 0 fully saturated rings. The first-order valence-electron chi connectivity index (χ1n) is 12.9. The van der Waals surface area contributed by atoms with Gasteiger partial charge in [-0.25, -0.2) is 0 Å². The van der Waals surface area contributed by atoms with E-state index in [1.807, 2.05) is 57.4 Å². The molecule has 0 unspecified atom stereocenters. The number of nitrogens with one attached hydrogen (secondary N) is 1. The maximum atomic E-state index is 13.7. The molecule has 0 saturated heterocycles. The third-order valence-electron chi connectivity index (χ3n) is 6.27. The summed E-state index contributed by atoms with van der Waals surface area (Å²) >= 11 is 0. The summed E-state index contributed by atoms with van der Waals surface area (Å²) in [5, 5.41) is 24.0. The van der Waals surface area contributed by atoms with Gasteiger partial charge >= 0.3 is 0 Å². The van der Waals surface area contributed by atoms with Crippen molar-refractivity contribution in [3.05, 3.63) is 95.2 Å². The molecule has 4 aromatic rings. The second-order valence-corrected chi connectivity index (χ2v) is 11.3. The zero-order chi connectivity index (χ0) is 29.4. The van der Waals surface area contributed by atoms with Crippen LogP contribution in [0.25, 0.3) is 10.9 Å². The first kappa shape index (κ1) is 30.7. The van der Waals surface area contributed by atoms with E-state index in [2.05, 4.69) is 26.9 Å². The monoisotopic (exact) mass is 567 g/mol. The summed E-state index contributed by atoms with van der Waals surface area (Å²) in [6.45, 7) is 4.09. The van der Waals surface area contributed by atoms with Crippen LogP contribution in [-0.2, 0) is 16.7 Å². The molecule has 1 heterocycles. The van der Waals surface area contributed by atoms with E-state index in [0.717, 1.165) is 40.6 Å². The van der Waals surface area contributed by atoms with Crippen LogP contribution in [-0.4, -0.2) is 72.0 Å². The van der Waals surface area contributed by atoms with Gasteiger partial charge in [0.25, 0.3) is 16.0 Å². The number of benzene rings is 3. The van der Waals surface area contributed by atoms with Gasteiger partial charge in [0.1, 0.15) is 17.2 Å². The third-order valence-corrected chi connectivity index (χ3v) is 6.27. The Bertz CT molecular complexity index is 1470. The van der Waals surface area contributed by atoms with Crippen molar-refractivity contribution >= 4 is 26.9 Å². The van der Waals surface area contributed by atoms with E-state index in [1.165, 1.54) is 0 Å². The molecule has 0 atom stereocenters. The Balaban J connectivity index is 0.000000810. The number of nitrogens with zero attached hydrogens (tertiary/aromatic N) is 2. The fourth-order valence-corrected chi connectivity index (χ4v) is 4.58. The largest absolute Gasteiger partial charge is 0.508 e. The third kappa shape index (κ3) is 8.08. The van der Waals surface area contributed by atoms with Gasteiger partial charge in [-0.15, -0.1) is 0 Å². The quantitative estimate of drug-likeness (QED) is 0.220. The number of carbonyl (C=O) groups excluding carboxylic acids is 1. The number of rotatable bonds is 9. The number of hydrogen-bond donors (Lipinski definition) is 4. The van der Waals surface area contributed by atoms with E-state index in [1.54, 1.807) is 24.3 Å². The molecule has 0 saturated carbocycles. The van der Waals surface area contributed by atoms with Crippen molar-refractivity contribution < 1.29 is 28.0 Å². The maximum Gasteiger partial charge on any atom is 0.268 e. The number of carbonyl (C=O) groups is 1. The average molecular weight is 568 g/mol. The Labute approximate surface area is 235 Å². The Morgan fingerprint density at radius 2 is 1.43 bits per heavy atom. The van der Waals surface area contributed by atoms with Crippen molar-refractivity contribution in [3.63, 3.8) is 0 Å². The molecule has 1 amide bonds. The minimum Gasteiger partial charge on any atom is -0.508 e. The van der Waals surface area contributed by atoms with E-state index in [-0.39, 0.29) is 23.3 Å². The zero-order valence-corrected chi connectivity index (χ0v) is 24.0. The van der Waals surface area contributed by atoms with Gasteiger partial charge < -0.3 is 25.0 Å². The molecule has 0 radical (unpaired) electrons. The molecule has 0 aliphatic heterocycles. The number of hydrogen-bond acceptors (Lipinski definition) is 6. The van der Waals surface area contributed by atoms with Gasteiger partial charge in [-0.1, -0.05) is 49.4 Å². The summed E-state index contributed by atoms with van der Waals surface area (Å²) in [6, 6.07) is 22.4. The number of likely N-dealkylation sites (N-methyl/N-ethyl adjacent to an activating group) is 1. The fraction of sp³-hybridized carbons (Fsp3) is 0.300. The van der Waals surface area contributed by atoms with Crippen LogP contribution in [0.1, 0.15) is 46.4 Å². The minimum absolute atomic E-state index is 0.0978. The Morgan fingerprint density at radius 3 is 1.90 bits per heavy atom. The summed E-state index contributed by atoms with van der Waals surface area (Å²) in [7, 11) is 0.387. The van der Waals surface area contributed by atoms with Crippen LogP contribution in [0.4, 0.5) is 0 Å². The molecule has 0 aliphatic carbocycles. The van der Waals surface area contributed by atoms with Crippen LogP contribution < -0.4 is 5.32 Å². The molecule has 0 bridgehead atoms. The lowest BCUT2D eigenvalue weighted by atomic mass is 9.83. The minimum atomic E-state index is -3.67. The van der Waals surface area contributed by atoms with Crippen LogP contribution in [0.2, 0.25) is 0 Å². The van der Waals surface area contributed by atoms with Crippen LogP contribution in [0.5, 0.6) is 11.5 Å². The molecular formula is C30H37N3O6S. The SMILES string of the molecule is CCCNC(=O)c1c(C(c2ccc(O)cc2)c2ccc(O)cc2)c2ccccc2n1CCN(C)C.CS(=O)(=O)O. The molecule has 9 nitrogen and oxygen atoms in total. The lowest BCUT2D eigenvalue weighted by Crippen LogP contribution is -2.29. The number of aromatic nitrogens is 1. The van der Waals surface area contributed by atoms with Crippen molar-refractivity contribution in [2.45, 2.75) is 25.8 Å². The molecule has 3 aromatic carbocycles. The molecular weight excluding hydrogens is 530 g/mol. The van der Waals surface area contributed by atoms with Gasteiger partial charge in [0.05, 0.1) is 6.26 Å². The highest BCUT2D eigenvalue weighted by Gasteiger charge is 2.30. The van der Waals surface area contributed by atoms with Gasteiger partial charge in [0.15, 0.2) is 0 Å². The first-order chi connectivity index (χ1) is 18.9. The van der Waals surface area contributed by atoms with Crippen molar-refractivity contribution in [2.24, 2.45) is 0 Å². The van der Waals surface area contributed by atoms with Crippen LogP contribution >= 0.6 is 0 Å². The zero-order valence-electron chi connectivity index (χ0n) is 23.2. The summed E-state index contributed by atoms with van der Waals surface area (Å²) in [4.78, 5) is 15.8. The predicted octanol–water partition coefficient (Wildman–Crippen LogP) is 4.44. The van der Waals surface area contributed by atoms with Gasteiger partial charge in [-0.3, -0.25) is 9.35 Å². The van der Waals surface area contributed by atoms with E-state index >= 15 is 0 Å². The number of fused-ring (bicyclic) bond motifs is 1. The Morgan fingerprint density at radius 1 is 0.925 bits per heavy atom. The van der Waals surface area contributed by atoms with E-state index in [9.17, 15) is 23.4 Å². The summed E-state index contributed by atoms with van der Waals surface area (Å²) in [6.07, 6.45) is 1.56. The van der Waals surface area contributed by atoms with Crippen LogP contribution in [0.15, 0.2) is 72.8 Å². The Kier molecular flexibility index (Phi) is 10.3. The van der Waals surface area contributed by atoms with Crippen molar-refractivity contribution in [3.8, 4) is 11.5 Å². The second-order valence-electron chi connectivity index (χ2n) is 9.84.